The second-order valence-electron chi connectivity index (χ2n) is 13.9. The summed E-state index contributed by atoms with van der Waals surface area (Å²) < 4.78 is 22.5. The summed E-state index contributed by atoms with van der Waals surface area (Å²) in [6, 6.07) is 40.0. The van der Waals surface area contributed by atoms with Gasteiger partial charge in [0.15, 0.2) is 0 Å². The van der Waals surface area contributed by atoms with E-state index in [2.05, 4.69) is 132 Å². The highest BCUT2D eigenvalue weighted by molar-refractivity contribution is 7.27. The molecule has 4 nitrogen and oxygen atoms in total. The summed E-state index contributed by atoms with van der Waals surface area (Å²) in [5.74, 6) is 1.87. The summed E-state index contributed by atoms with van der Waals surface area (Å²) in [7, 11) is 0. The molecule has 0 aliphatic heterocycles. The topological polar surface area (TPSA) is 28.3 Å². The van der Waals surface area contributed by atoms with Gasteiger partial charge in [-0.1, -0.05) is 88.8 Å². The first-order valence-electron chi connectivity index (χ1n) is 19.0. The van der Waals surface area contributed by atoms with E-state index in [-0.39, 0.29) is 0 Å². The number of thiophene rings is 2. The van der Waals surface area contributed by atoms with Crippen molar-refractivity contribution in [1.82, 2.24) is 9.13 Å². The van der Waals surface area contributed by atoms with Gasteiger partial charge in [0.05, 0.1) is 44.7 Å². The van der Waals surface area contributed by atoms with Crippen LogP contribution in [0.25, 0.3) is 73.8 Å². The fourth-order valence-electron chi connectivity index (χ4n) is 7.78. The standard InChI is InChI=1S/C46H44N2O2S2/c1-3-5-7-13-27-49-33-23-19-31(20-24-33)47-39-29-38-40(30-37(39)45-43(47)35-15-9-11-17-41(35)51-45)48(44-36-16-10-12-18-42(36)52-46(38)44)32-21-25-34(26-22-32)50-28-14-8-6-4-2/h9-12,15-26,29-30H,3-8,13-14,27-28H2,1-2H3. The van der Waals surface area contributed by atoms with Gasteiger partial charge < -0.3 is 18.6 Å². The van der Waals surface area contributed by atoms with Crippen LogP contribution in [0.5, 0.6) is 11.5 Å². The molecule has 5 aromatic carbocycles. The Labute approximate surface area is 312 Å². The van der Waals surface area contributed by atoms with E-state index in [0.717, 1.165) is 48.9 Å². The second kappa shape index (κ2) is 14.3. The molecule has 0 saturated carbocycles. The van der Waals surface area contributed by atoms with Gasteiger partial charge in [0.2, 0.25) is 0 Å². The van der Waals surface area contributed by atoms with Crippen molar-refractivity contribution < 1.29 is 9.47 Å². The van der Waals surface area contributed by atoms with Crippen molar-refractivity contribution in [1.29, 1.82) is 0 Å². The number of ether oxygens (including phenoxy) is 2. The highest BCUT2D eigenvalue weighted by Gasteiger charge is 2.23. The molecule has 0 aliphatic rings. The van der Waals surface area contributed by atoms with Crippen molar-refractivity contribution in [3.05, 3.63) is 109 Å². The molecule has 6 heteroatoms. The SMILES string of the molecule is CCCCCCOc1ccc(-n2c3cc4c5sc6ccccc6c5n(-c5ccc(OCCCCCC)cc5)c4cc3c3sc4ccccc4c32)cc1. The third-order valence-corrected chi connectivity index (χ3v) is 12.8. The summed E-state index contributed by atoms with van der Waals surface area (Å²) in [4.78, 5) is 0. The Morgan fingerprint density at radius 3 is 1.31 bits per heavy atom. The van der Waals surface area contributed by atoms with E-state index < -0.39 is 0 Å². The first-order chi connectivity index (χ1) is 25.7. The Hall–Kier alpha value is -4.78. The van der Waals surface area contributed by atoms with Gasteiger partial charge in [0.1, 0.15) is 11.5 Å². The predicted molar refractivity (Wildman–Crippen MR) is 225 cm³/mol. The summed E-state index contributed by atoms with van der Waals surface area (Å²) in [6.45, 7) is 6.02. The van der Waals surface area contributed by atoms with Crippen LogP contribution in [0.2, 0.25) is 0 Å². The third kappa shape index (κ3) is 5.82. The van der Waals surface area contributed by atoms with Crippen molar-refractivity contribution in [3.8, 4) is 22.9 Å². The zero-order valence-electron chi connectivity index (χ0n) is 30.0. The van der Waals surface area contributed by atoms with Gasteiger partial charge in [-0.05, 0) is 85.6 Å². The van der Waals surface area contributed by atoms with E-state index in [9.17, 15) is 0 Å². The first kappa shape index (κ1) is 33.1. The zero-order valence-corrected chi connectivity index (χ0v) is 31.6. The lowest BCUT2D eigenvalue weighted by molar-refractivity contribution is 0.305. The highest BCUT2D eigenvalue weighted by Crippen LogP contribution is 2.48. The van der Waals surface area contributed by atoms with Gasteiger partial charge in [0, 0.05) is 42.3 Å². The van der Waals surface area contributed by atoms with Crippen LogP contribution in [-0.2, 0) is 0 Å². The molecule has 0 aliphatic carbocycles. The van der Waals surface area contributed by atoms with Crippen LogP contribution >= 0.6 is 22.7 Å². The van der Waals surface area contributed by atoms with Crippen LogP contribution in [0.1, 0.15) is 65.2 Å². The molecule has 0 atom stereocenters. The molecule has 0 saturated heterocycles. The van der Waals surface area contributed by atoms with Crippen LogP contribution < -0.4 is 9.47 Å². The number of aromatic nitrogens is 2. The zero-order chi connectivity index (χ0) is 35.0. The quantitative estimate of drug-likeness (QED) is 0.105. The largest absolute Gasteiger partial charge is 0.494 e. The van der Waals surface area contributed by atoms with Gasteiger partial charge in [0.25, 0.3) is 0 Å². The van der Waals surface area contributed by atoms with E-state index in [1.807, 2.05) is 22.7 Å². The Balaban J connectivity index is 1.21. The molecule has 0 fully saturated rings. The second-order valence-corrected chi connectivity index (χ2v) is 16.0. The van der Waals surface area contributed by atoms with E-state index >= 15 is 0 Å². The van der Waals surface area contributed by atoms with E-state index in [1.165, 1.54) is 101 Å². The fourth-order valence-corrected chi connectivity index (χ4v) is 10.2. The minimum atomic E-state index is 0.764. The van der Waals surface area contributed by atoms with E-state index in [4.69, 9.17) is 9.47 Å². The normalized spacial score (nSPS) is 12.0. The van der Waals surface area contributed by atoms with Gasteiger partial charge in [-0.3, -0.25) is 0 Å². The van der Waals surface area contributed by atoms with Crippen LogP contribution in [0.15, 0.2) is 109 Å². The summed E-state index contributed by atoms with van der Waals surface area (Å²) >= 11 is 3.79. The maximum atomic E-state index is 6.16. The van der Waals surface area contributed by atoms with Crippen molar-refractivity contribution in [2.45, 2.75) is 65.2 Å². The summed E-state index contributed by atoms with van der Waals surface area (Å²) in [5, 5.41) is 5.14. The Bertz CT molecular complexity index is 2470. The van der Waals surface area contributed by atoms with Crippen molar-refractivity contribution in [2.75, 3.05) is 13.2 Å². The van der Waals surface area contributed by atoms with E-state index in [0.29, 0.717) is 0 Å². The summed E-state index contributed by atoms with van der Waals surface area (Å²) in [6.07, 6.45) is 9.62. The molecule has 0 unspecified atom stereocenters. The lowest BCUT2D eigenvalue weighted by Crippen LogP contribution is -1.99. The van der Waals surface area contributed by atoms with Crippen molar-refractivity contribution >= 4 is 85.1 Å². The number of nitrogens with zero attached hydrogens (tertiary/aromatic N) is 2. The lowest BCUT2D eigenvalue weighted by atomic mass is 10.1. The molecule has 0 amide bonds. The van der Waals surface area contributed by atoms with Crippen LogP contribution in [0.3, 0.4) is 0 Å². The van der Waals surface area contributed by atoms with Gasteiger partial charge in [-0.15, -0.1) is 22.7 Å². The molecule has 0 spiro atoms. The molecule has 9 rings (SSSR count). The summed E-state index contributed by atoms with van der Waals surface area (Å²) in [5.41, 5.74) is 7.32. The highest BCUT2D eigenvalue weighted by atomic mass is 32.1. The predicted octanol–water partition coefficient (Wildman–Crippen LogP) is 14.2. The average molecular weight is 721 g/mol. The maximum Gasteiger partial charge on any atom is 0.119 e. The number of rotatable bonds is 14. The van der Waals surface area contributed by atoms with Gasteiger partial charge >= 0.3 is 0 Å². The number of fused-ring (bicyclic) bond motifs is 10. The van der Waals surface area contributed by atoms with Crippen molar-refractivity contribution in [2.24, 2.45) is 0 Å². The Kier molecular flexibility index (Phi) is 9.11. The minimum Gasteiger partial charge on any atom is -0.494 e. The molecule has 262 valence electrons. The van der Waals surface area contributed by atoms with Gasteiger partial charge in [-0.2, -0.15) is 0 Å². The molecule has 52 heavy (non-hydrogen) atoms. The molecule has 0 radical (unpaired) electrons. The van der Waals surface area contributed by atoms with Gasteiger partial charge in [-0.25, -0.2) is 0 Å². The number of benzene rings is 5. The minimum absolute atomic E-state index is 0.764. The van der Waals surface area contributed by atoms with Crippen LogP contribution in [-0.4, -0.2) is 22.3 Å². The molecule has 0 N–H and O–H groups in total. The Morgan fingerprint density at radius 2 is 0.885 bits per heavy atom. The molecule has 4 aromatic heterocycles. The lowest BCUT2D eigenvalue weighted by Gasteiger charge is -2.12. The molecule has 4 heterocycles. The average Bonchev–Trinajstić information content (AvgIpc) is 3.91. The number of hydrogen-bond acceptors (Lipinski definition) is 4. The number of hydrogen-bond donors (Lipinski definition) is 0. The van der Waals surface area contributed by atoms with Crippen LogP contribution in [0.4, 0.5) is 0 Å². The van der Waals surface area contributed by atoms with E-state index in [1.54, 1.807) is 0 Å². The Morgan fingerprint density at radius 1 is 0.462 bits per heavy atom. The molecule has 0 bridgehead atoms. The monoisotopic (exact) mass is 720 g/mol. The third-order valence-electron chi connectivity index (χ3n) is 10.4. The maximum absolute atomic E-state index is 6.16. The first-order valence-corrected chi connectivity index (χ1v) is 20.6. The molecular weight excluding hydrogens is 677 g/mol. The van der Waals surface area contributed by atoms with Crippen molar-refractivity contribution in [3.63, 3.8) is 0 Å². The number of unbranched alkanes of at least 4 members (excludes halogenated alkanes) is 6. The fraction of sp³-hybridized carbons (Fsp3) is 0.261. The smallest absolute Gasteiger partial charge is 0.119 e. The van der Waals surface area contributed by atoms with Crippen LogP contribution in [0, 0.1) is 0 Å². The molecule has 9 aromatic rings. The molecular formula is C46H44N2O2S2.